The fourth-order valence-electron chi connectivity index (χ4n) is 3.03. The molecule has 3 rings (SSSR count). The first-order valence-corrected chi connectivity index (χ1v) is 8.79. The average molecular weight is 320 g/mol. The van der Waals surface area contributed by atoms with Gasteiger partial charge in [0.1, 0.15) is 0 Å². The van der Waals surface area contributed by atoms with Crippen LogP contribution in [0.3, 0.4) is 0 Å². The van der Waals surface area contributed by atoms with Gasteiger partial charge in [-0.1, -0.05) is 18.2 Å². The molecular formula is C17H24N2O2S. The number of morpholine rings is 1. The zero-order chi connectivity index (χ0) is 15.6. The Labute approximate surface area is 136 Å². The van der Waals surface area contributed by atoms with Crippen molar-refractivity contribution in [2.45, 2.75) is 36.0 Å². The first kappa shape index (κ1) is 15.8. The third kappa shape index (κ3) is 3.47. The Morgan fingerprint density at radius 1 is 1.36 bits per heavy atom. The quantitative estimate of drug-likeness (QED) is 0.920. The second-order valence-corrected chi connectivity index (χ2v) is 7.79. The zero-order valence-electron chi connectivity index (χ0n) is 13.3. The SMILES string of the molecule is CC(C)(CNC(=O)C1Cc2ccccc2S1)N1CCOCC1. The summed E-state index contributed by atoms with van der Waals surface area (Å²) in [6.07, 6.45) is 0.838. The third-order valence-electron chi connectivity index (χ3n) is 4.50. The van der Waals surface area contributed by atoms with E-state index < -0.39 is 0 Å². The molecule has 1 fully saturated rings. The summed E-state index contributed by atoms with van der Waals surface area (Å²) in [5, 5.41) is 3.17. The van der Waals surface area contributed by atoms with E-state index in [-0.39, 0.29) is 16.7 Å². The Hall–Kier alpha value is -1.04. The monoisotopic (exact) mass is 320 g/mol. The van der Waals surface area contributed by atoms with Crippen LogP contribution in [-0.2, 0) is 16.0 Å². The highest BCUT2D eigenvalue weighted by Gasteiger charge is 2.32. The standard InChI is InChI=1S/C17H24N2O2S/c1-17(2,19-7-9-21-10-8-19)12-18-16(20)15-11-13-5-3-4-6-14(13)22-15/h3-6,15H,7-12H2,1-2H3,(H,18,20). The number of hydrogen-bond donors (Lipinski definition) is 1. The molecule has 1 N–H and O–H groups in total. The summed E-state index contributed by atoms with van der Waals surface area (Å²) in [5.41, 5.74) is 1.26. The summed E-state index contributed by atoms with van der Waals surface area (Å²) in [5.74, 6) is 0.155. The van der Waals surface area contributed by atoms with Crippen LogP contribution in [-0.4, -0.2) is 54.4 Å². The van der Waals surface area contributed by atoms with Crippen LogP contribution in [0, 0.1) is 0 Å². The molecule has 0 radical (unpaired) electrons. The van der Waals surface area contributed by atoms with Gasteiger partial charge in [0.05, 0.1) is 18.5 Å². The molecule has 1 amide bonds. The number of benzene rings is 1. The molecule has 5 heteroatoms. The fourth-order valence-corrected chi connectivity index (χ4v) is 4.25. The van der Waals surface area contributed by atoms with Crippen molar-refractivity contribution in [3.8, 4) is 0 Å². The van der Waals surface area contributed by atoms with Gasteiger partial charge in [-0.05, 0) is 31.9 Å². The fraction of sp³-hybridized carbons (Fsp3) is 0.588. The lowest BCUT2D eigenvalue weighted by molar-refractivity contribution is -0.121. The molecule has 1 saturated heterocycles. The summed E-state index contributed by atoms with van der Waals surface area (Å²) in [6, 6.07) is 8.30. The Morgan fingerprint density at radius 2 is 2.09 bits per heavy atom. The van der Waals surface area contributed by atoms with Gasteiger partial charge in [0.25, 0.3) is 0 Å². The second-order valence-electron chi connectivity index (χ2n) is 6.55. The van der Waals surface area contributed by atoms with Gasteiger partial charge >= 0.3 is 0 Å². The highest BCUT2D eigenvalue weighted by atomic mass is 32.2. The average Bonchev–Trinajstić information content (AvgIpc) is 2.98. The molecule has 22 heavy (non-hydrogen) atoms. The second kappa shape index (κ2) is 6.60. The van der Waals surface area contributed by atoms with E-state index in [0.29, 0.717) is 6.54 Å². The highest BCUT2D eigenvalue weighted by Crippen LogP contribution is 2.36. The summed E-state index contributed by atoms with van der Waals surface area (Å²) >= 11 is 1.68. The van der Waals surface area contributed by atoms with Crippen LogP contribution in [0.25, 0.3) is 0 Å². The number of ether oxygens (including phenoxy) is 1. The molecule has 1 atom stereocenters. The zero-order valence-corrected chi connectivity index (χ0v) is 14.1. The van der Waals surface area contributed by atoms with Crippen molar-refractivity contribution >= 4 is 17.7 Å². The summed E-state index contributed by atoms with van der Waals surface area (Å²) < 4.78 is 5.41. The van der Waals surface area contributed by atoms with E-state index in [1.165, 1.54) is 10.5 Å². The number of thioether (sulfide) groups is 1. The van der Waals surface area contributed by atoms with Gasteiger partial charge in [0, 0.05) is 30.1 Å². The molecule has 2 aliphatic heterocycles. The molecule has 2 heterocycles. The predicted octanol–water partition coefficient (Wildman–Crippen LogP) is 1.93. The number of nitrogens with zero attached hydrogens (tertiary/aromatic N) is 1. The van der Waals surface area contributed by atoms with Crippen molar-refractivity contribution in [3.05, 3.63) is 29.8 Å². The maximum atomic E-state index is 12.5. The van der Waals surface area contributed by atoms with Crippen molar-refractivity contribution < 1.29 is 9.53 Å². The largest absolute Gasteiger partial charge is 0.379 e. The Balaban J connectivity index is 1.52. The van der Waals surface area contributed by atoms with Gasteiger partial charge in [-0.2, -0.15) is 0 Å². The highest BCUT2D eigenvalue weighted by molar-refractivity contribution is 8.01. The molecule has 0 bridgehead atoms. The minimum absolute atomic E-state index is 0.0119. The van der Waals surface area contributed by atoms with Crippen molar-refractivity contribution in [2.75, 3.05) is 32.8 Å². The molecule has 0 spiro atoms. The molecular weight excluding hydrogens is 296 g/mol. The van der Waals surface area contributed by atoms with Crippen molar-refractivity contribution in [1.29, 1.82) is 0 Å². The summed E-state index contributed by atoms with van der Waals surface area (Å²) in [6.45, 7) is 8.50. The van der Waals surface area contributed by atoms with E-state index >= 15 is 0 Å². The van der Waals surface area contributed by atoms with Crippen LogP contribution >= 0.6 is 11.8 Å². The Bertz CT molecular complexity index is 516. The minimum atomic E-state index is -0.0322. The number of hydrogen-bond acceptors (Lipinski definition) is 4. The van der Waals surface area contributed by atoms with Crippen LogP contribution < -0.4 is 5.32 Å². The molecule has 1 unspecified atom stereocenters. The number of nitrogens with one attached hydrogen (secondary N) is 1. The van der Waals surface area contributed by atoms with Crippen molar-refractivity contribution in [1.82, 2.24) is 10.2 Å². The van der Waals surface area contributed by atoms with Gasteiger partial charge < -0.3 is 10.1 Å². The van der Waals surface area contributed by atoms with Crippen LogP contribution in [0.15, 0.2) is 29.2 Å². The molecule has 0 saturated carbocycles. The van der Waals surface area contributed by atoms with E-state index in [1.54, 1.807) is 11.8 Å². The number of carbonyl (C=O) groups excluding carboxylic acids is 1. The predicted molar refractivity (Wildman–Crippen MR) is 89.3 cm³/mol. The van der Waals surface area contributed by atoms with Gasteiger partial charge in [-0.15, -0.1) is 11.8 Å². The van der Waals surface area contributed by atoms with Crippen molar-refractivity contribution in [3.63, 3.8) is 0 Å². The van der Waals surface area contributed by atoms with Gasteiger partial charge in [-0.25, -0.2) is 0 Å². The molecule has 4 nitrogen and oxygen atoms in total. The maximum absolute atomic E-state index is 12.5. The Kier molecular flexibility index (Phi) is 4.76. The normalized spacial score (nSPS) is 22.4. The van der Waals surface area contributed by atoms with E-state index in [0.717, 1.165) is 32.7 Å². The molecule has 2 aliphatic rings. The maximum Gasteiger partial charge on any atom is 0.233 e. The van der Waals surface area contributed by atoms with E-state index in [2.05, 4.69) is 36.2 Å². The first-order chi connectivity index (χ1) is 10.6. The number of carbonyl (C=O) groups is 1. The number of fused-ring (bicyclic) bond motifs is 1. The number of amides is 1. The van der Waals surface area contributed by atoms with E-state index in [9.17, 15) is 4.79 Å². The molecule has 1 aromatic carbocycles. The van der Waals surface area contributed by atoms with Gasteiger partial charge in [-0.3, -0.25) is 9.69 Å². The van der Waals surface area contributed by atoms with Gasteiger partial charge in [0.15, 0.2) is 0 Å². The third-order valence-corrected chi connectivity index (χ3v) is 5.82. The molecule has 0 aliphatic carbocycles. The molecule has 1 aromatic rings. The van der Waals surface area contributed by atoms with Crippen LogP contribution in [0.4, 0.5) is 0 Å². The van der Waals surface area contributed by atoms with Crippen LogP contribution in [0.5, 0.6) is 0 Å². The van der Waals surface area contributed by atoms with E-state index in [4.69, 9.17) is 4.74 Å². The molecule has 120 valence electrons. The lowest BCUT2D eigenvalue weighted by Gasteiger charge is -2.41. The van der Waals surface area contributed by atoms with Crippen molar-refractivity contribution in [2.24, 2.45) is 0 Å². The summed E-state index contributed by atoms with van der Waals surface area (Å²) in [4.78, 5) is 16.1. The molecule has 0 aromatic heterocycles. The first-order valence-electron chi connectivity index (χ1n) is 7.91. The Morgan fingerprint density at radius 3 is 2.82 bits per heavy atom. The summed E-state index contributed by atoms with van der Waals surface area (Å²) in [7, 11) is 0. The smallest absolute Gasteiger partial charge is 0.233 e. The van der Waals surface area contributed by atoms with Crippen LogP contribution in [0.1, 0.15) is 19.4 Å². The number of rotatable bonds is 4. The lowest BCUT2D eigenvalue weighted by atomic mass is 10.0. The van der Waals surface area contributed by atoms with Gasteiger partial charge in [0.2, 0.25) is 5.91 Å². The topological polar surface area (TPSA) is 41.6 Å². The van der Waals surface area contributed by atoms with E-state index in [1.807, 2.05) is 12.1 Å². The minimum Gasteiger partial charge on any atom is -0.379 e. The van der Waals surface area contributed by atoms with Crippen LogP contribution in [0.2, 0.25) is 0 Å². The lowest BCUT2D eigenvalue weighted by Crippen LogP contribution is -2.56.